The van der Waals surface area contributed by atoms with Crippen molar-refractivity contribution >= 4 is 17.6 Å². The first-order chi connectivity index (χ1) is 14.7. The van der Waals surface area contributed by atoms with Crippen LogP contribution in [0.25, 0.3) is 0 Å². The van der Waals surface area contributed by atoms with Gasteiger partial charge >= 0.3 is 64.7 Å². The second kappa shape index (κ2) is 8.18. The van der Waals surface area contributed by atoms with Crippen LogP contribution in [0, 0.1) is 0 Å². The lowest BCUT2D eigenvalue weighted by atomic mass is 9.86. The third-order valence-electron chi connectivity index (χ3n) is 3.95. The molecule has 0 aliphatic heterocycles. The highest BCUT2D eigenvalue weighted by Gasteiger charge is 2.98. The normalized spacial score (nSPS) is 16.4. The summed E-state index contributed by atoms with van der Waals surface area (Å²) in [5.41, 5.74) is 0. The van der Waals surface area contributed by atoms with E-state index in [1.807, 2.05) is 0 Å². The fraction of sp³-hybridized carbons (Fsp3) is 0.917. The summed E-state index contributed by atoms with van der Waals surface area (Å²) < 4.78 is 266. The number of carbonyl (C=O) groups is 1. The average molecular weight is 595 g/mol. The molecule has 0 saturated carbocycles. The largest absolute Gasteiger partial charge is 0.464 e. The molecule has 0 aromatic carbocycles. The number of esters is 1. The van der Waals surface area contributed by atoms with Gasteiger partial charge in [-0.25, -0.2) is 4.79 Å². The van der Waals surface area contributed by atoms with Gasteiger partial charge in [0.2, 0.25) is 0 Å². The molecule has 0 aliphatic carbocycles. The lowest BCUT2D eigenvalue weighted by Crippen LogP contribution is -2.77. The van der Waals surface area contributed by atoms with E-state index >= 15 is 0 Å². The van der Waals surface area contributed by atoms with Crippen molar-refractivity contribution in [3.05, 3.63) is 0 Å². The first-order valence-electron chi connectivity index (χ1n) is 7.29. The van der Waals surface area contributed by atoms with Crippen LogP contribution in [0.5, 0.6) is 0 Å². The molecular weight excluding hydrogens is 592 g/mol. The number of hydrogen-bond donors (Lipinski definition) is 0. The maximum Gasteiger partial charge on any atom is 0.410 e. The minimum Gasteiger partial charge on any atom is -0.464 e. The maximum atomic E-state index is 13.4. The highest BCUT2D eigenvalue weighted by Crippen LogP contribution is 2.66. The molecule has 0 radical (unpaired) electrons. The van der Waals surface area contributed by atoms with Crippen LogP contribution >= 0.6 is 11.6 Å². The van der Waals surface area contributed by atoms with E-state index in [2.05, 4.69) is 16.3 Å². The Morgan fingerprint density at radius 1 is 0.457 bits per heavy atom. The van der Waals surface area contributed by atoms with Gasteiger partial charge in [-0.15, -0.1) is 0 Å². The molecule has 0 rings (SSSR count). The molecular formula is C12H3ClF20O2. The van der Waals surface area contributed by atoms with Crippen molar-refractivity contribution in [1.29, 1.82) is 0 Å². The molecule has 0 aromatic rings. The summed E-state index contributed by atoms with van der Waals surface area (Å²) in [6.45, 7) is 0. The number of halogens is 21. The fourth-order valence-electron chi connectivity index (χ4n) is 1.81. The van der Waals surface area contributed by atoms with Gasteiger partial charge in [-0.1, -0.05) is 0 Å². The Hall–Kier alpha value is -1.64. The molecule has 0 fully saturated rings. The highest BCUT2D eigenvalue weighted by atomic mass is 35.5. The van der Waals surface area contributed by atoms with Gasteiger partial charge in [0, 0.05) is 0 Å². The smallest absolute Gasteiger partial charge is 0.410 e. The van der Waals surface area contributed by atoms with Crippen LogP contribution in [0.1, 0.15) is 0 Å². The van der Waals surface area contributed by atoms with Gasteiger partial charge in [0.15, 0.2) is 0 Å². The Labute approximate surface area is 182 Å². The molecule has 0 N–H and O–H groups in total. The van der Waals surface area contributed by atoms with Crippen LogP contribution < -0.4 is 0 Å². The van der Waals surface area contributed by atoms with E-state index in [4.69, 9.17) is 0 Å². The molecule has 0 bridgehead atoms. The molecule has 0 unspecified atom stereocenters. The van der Waals surface area contributed by atoms with E-state index in [1.165, 1.54) is 0 Å². The van der Waals surface area contributed by atoms with Crippen molar-refractivity contribution in [2.75, 3.05) is 7.11 Å². The molecule has 0 saturated heterocycles. The zero-order valence-corrected chi connectivity index (χ0v) is 16.0. The predicted molar refractivity (Wildman–Crippen MR) is 67.3 cm³/mol. The van der Waals surface area contributed by atoms with Crippen molar-refractivity contribution in [1.82, 2.24) is 0 Å². The van der Waals surface area contributed by atoms with Crippen molar-refractivity contribution in [3.8, 4) is 0 Å². The molecule has 0 aliphatic rings. The van der Waals surface area contributed by atoms with E-state index in [0.717, 1.165) is 0 Å². The molecule has 23 heteroatoms. The van der Waals surface area contributed by atoms with E-state index in [9.17, 15) is 92.6 Å². The minimum absolute atomic E-state index is 0.333. The Morgan fingerprint density at radius 2 is 0.657 bits per heavy atom. The van der Waals surface area contributed by atoms with Crippen molar-refractivity contribution in [2.24, 2.45) is 0 Å². The Bertz CT molecular complexity index is 811. The summed E-state index contributed by atoms with van der Waals surface area (Å²) in [5.74, 6) is -81.4. The molecule has 0 amide bonds. The topological polar surface area (TPSA) is 26.3 Å². The van der Waals surface area contributed by atoms with Crippen LogP contribution in [-0.2, 0) is 9.53 Å². The summed E-state index contributed by atoms with van der Waals surface area (Å²) in [6, 6.07) is 0. The zero-order chi connectivity index (χ0) is 29.3. The van der Waals surface area contributed by atoms with E-state index < -0.39 is 64.7 Å². The molecule has 0 spiro atoms. The third kappa shape index (κ3) is 3.91. The zero-order valence-electron chi connectivity index (χ0n) is 15.3. The Kier molecular flexibility index (Phi) is 7.80. The second-order valence-electron chi connectivity index (χ2n) is 6.16. The number of alkyl halides is 21. The predicted octanol–water partition coefficient (Wildman–Crippen LogP) is 6.71. The summed E-state index contributed by atoms with van der Waals surface area (Å²) in [7, 11) is -0.333. The molecule has 0 atom stereocenters. The summed E-state index contributed by atoms with van der Waals surface area (Å²) >= 11 is 3.27. The van der Waals surface area contributed by atoms with E-state index in [0.29, 0.717) is 0 Å². The first kappa shape index (κ1) is 33.4. The quantitative estimate of drug-likeness (QED) is 0.160. The fourth-order valence-corrected chi connectivity index (χ4v) is 1.93. The lowest BCUT2D eigenvalue weighted by molar-refractivity contribution is -0.465. The number of methoxy groups -OCH3 is 1. The number of rotatable bonds is 10. The van der Waals surface area contributed by atoms with Crippen LogP contribution in [-0.4, -0.2) is 71.8 Å². The highest BCUT2D eigenvalue weighted by molar-refractivity contribution is 6.22. The minimum atomic E-state index is -9.16. The second-order valence-corrected chi connectivity index (χ2v) is 6.63. The van der Waals surface area contributed by atoms with Gasteiger partial charge in [-0.05, 0) is 11.6 Å². The monoisotopic (exact) mass is 594 g/mol. The Morgan fingerprint density at radius 3 is 0.857 bits per heavy atom. The van der Waals surface area contributed by atoms with E-state index in [1.54, 1.807) is 0 Å². The number of ether oxygens (including phenoxy) is 1. The molecule has 0 heterocycles. The van der Waals surface area contributed by atoms with Crippen molar-refractivity contribution in [3.63, 3.8) is 0 Å². The maximum absolute atomic E-state index is 13.4. The van der Waals surface area contributed by atoms with Gasteiger partial charge in [0.05, 0.1) is 7.11 Å². The molecule has 210 valence electrons. The summed E-state index contributed by atoms with van der Waals surface area (Å²) in [4.78, 5) is 10.4. The van der Waals surface area contributed by atoms with Gasteiger partial charge < -0.3 is 4.74 Å². The van der Waals surface area contributed by atoms with Crippen molar-refractivity contribution in [2.45, 2.75) is 58.7 Å². The van der Waals surface area contributed by atoms with Gasteiger partial charge in [0.1, 0.15) is 0 Å². The van der Waals surface area contributed by atoms with Crippen molar-refractivity contribution < 1.29 is 97.3 Å². The van der Waals surface area contributed by atoms with Gasteiger partial charge in [-0.3, -0.25) is 0 Å². The average Bonchev–Trinajstić information content (AvgIpc) is 2.64. The molecule has 0 aromatic heterocycles. The summed E-state index contributed by atoms with van der Waals surface area (Å²) in [6.07, 6.45) is 0. The van der Waals surface area contributed by atoms with Crippen LogP contribution in [0.15, 0.2) is 0 Å². The Balaban J connectivity index is 7.12. The molecule has 2 nitrogen and oxygen atoms in total. The van der Waals surface area contributed by atoms with Gasteiger partial charge in [-0.2, -0.15) is 87.8 Å². The first-order valence-corrected chi connectivity index (χ1v) is 7.66. The SMILES string of the molecule is COC(=O)C(F)(F)C(F)(F)C(F)(F)C(F)(F)C(F)(F)C(F)(F)C(F)(F)C(F)(F)C(F)(F)C(F)(F)Cl. The van der Waals surface area contributed by atoms with Crippen LogP contribution in [0.4, 0.5) is 87.8 Å². The number of hydrogen-bond acceptors (Lipinski definition) is 2. The van der Waals surface area contributed by atoms with Crippen LogP contribution in [0.3, 0.4) is 0 Å². The van der Waals surface area contributed by atoms with Crippen LogP contribution in [0.2, 0.25) is 0 Å². The number of carbonyl (C=O) groups excluding carboxylic acids is 1. The summed E-state index contributed by atoms with van der Waals surface area (Å²) in [5, 5.41) is -7.06. The molecule has 35 heavy (non-hydrogen) atoms. The lowest BCUT2D eigenvalue weighted by Gasteiger charge is -2.44. The third-order valence-corrected chi connectivity index (χ3v) is 4.19. The standard InChI is InChI=1S/C12H3ClF20O2/c1-35-2(34)3(14,15)4(16,17)5(18,19)6(20,21)7(22,23)8(24,25)9(26,27)10(28,29)11(30,31)12(13,32)33/h1H3. The van der Waals surface area contributed by atoms with Gasteiger partial charge in [0.25, 0.3) is 0 Å². The van der Waals surface area contributed by atoms with E-state index in [-0.39, 0.29) is 7.11 Å².